The zero-order valence-corrected chi connectivity index (χ0v) is 10.2. The van der Waals surface area contributed by atoms with Gasteiger partial charge in [-0.2, -0.15) is 0 Å². The van der Waals surface area contributed by atoms with Crippen molar-refractivity contribution >= 4 is 11.7 Å². The van der Waals surface area contributed by atoms with Gasteiger partial charge in [-0.05, 0) is 50.3 Å². The third-order valence-electron chi connectivity index (χ3n) is 3.38. The number of hydrogen-bond acceptors (Lipinski definition) is 3. The zero-order valence-electron chi connectivity index (χ0n) is 10.2. The largest absolute Gasteiger partial charge is 0.462 e. The maximum Gasteiger partial charge on any atom is 0.313 e. The summed E-state index contributed by atoms with van der Waals surface area (Å²) in [7, 11) is 0. The van der Waals surface area contributed by atoms with Crippen molar-refractivity contribution in [3.8, 4) is 0 Å². The fourth-order valence-electron chi connectivity index (χ4n) is 2.19. The van der Waals surface area contributed by atoms with Gasteiger partial charge in [-0.3, -0.25) is 4.79 Å². The van der Waals surface area contributed by atoms with Crippen molar-refractivity contribution in [2.45, 2.75) is 44.6 Å². The lowest BCUT2D eigenvalue weighted by atomic mass is 10.0. The molecule has 1 aliphatic carbocycles. The molecule has 2 N–H and O–H groups in total. The molecule has 17 heavy (non-hydrogen) atoms. The first kappa shape index (κ1) is 12.0. The molecule has 1 unspecified atom stereocenters. The van der Waals surface area contributed by atoms with Crippen LogP contribution in [0.15, 0.2) is 24.3 Å². The molecule has 0 saturated heterocycles. The molecule has 1 atom stereocenters. The van der Waals surface area contributed by atoms with E-state index < -0.39 is 0 Å². The molecule has 0 aliphatic heterocycles. The van der Waals surface area contributed by atoms with Crippen molar-refractivity contribution < 1.29 is 9.53 Å². The number of benzene rings is 1. The summed E-state index contributed by atoms with van der Waals surface area (Å²) in [4.78, 5) is 11.9. The van der Waals surface area contributed by atoms with Crippen molar-refractivity contribution in [1.29, 1.82) is 0 Å². The molecule has 0 bridgehead atoms. The Labute approximate surface area is 102 Å². The van der Waals surface area contributed by atoms with Crippen LogP contribution < -0.4 is 5.73 Å². The molecule has 1 aromatic rings. The fraction of sp³-hybridized carbons (Fsp3) is 0.500. The van der Waals surface area contributed by atoms with Crippen LogP contribution in [-0.2, 0) is 9.53 Å². The Kier molecular flexibility index (Phi) is 3.67. The lowest BCUT2D eigenvalue weighted by Gasteiger charge is -2.16. The van der Waals surface area contributed by atoms with Gasteiger partial charge in [0.1, 0.15) is 6.10 Å². The van der Waals surface area contributed by atoms with E-state index in [1.54, 1.807) is 0 Å². The lowest BCUT2D eigenvalue weighted by Crippen LogP contribution is -2.19. The van der Waals surface area contributed by atoms with Gasteiger partial charge in [0.25, 0.3) is 0 Å². The summed E-state index contributed by atoms with van der Waals surface area (Å²) in [6.45, 7) is 1.88. The minimum atomic E-state index is -0.212. The van der Waals surface area contributed by atoms with Crippen LogP contribution in [0.4, 0.5) is 5.69 Å². The van der Waals surface area contributed by atoms with E-state index in [0.717, 1.165) is 18.4 Å². The number of anilines is 1. The van der Waals surface area contributed by atoms with E-state index in [9.17, 15) is 4.79 Å². The summed E-state index contributed by atoms with van der Waals surface area (Å²) in [6, 6.07) is 7.40. The van der Waals surface area contributed by atoms with E-state index in [1.165, 1.54) is 12.8 Å². The topological polar surface area (TPSA) is 52.3 Å². The van der Waals surface area contributed by atoms with Gasteiger partial charge in [0.15, 0.2) is 0 Å². The molecule has 0 amide bonds. The van der Waals surface area contributed by atoms with Crippen molar-refractivity contribution in [2.24, 2.45) is 0 Å². The Balaban J connectivity index is 1.96. The van der Waals surface area contributed by atoms with Crippen LogP contribution >= 0.6 is 0 Å². The number of rotatable bonds is 3. The first-order chi connectivity index (χ1) is 8.16. The summed E-state index contributed by atoms with van der Waals surface area (Å²) < 4.78 is 5.49. The number of nitrogen functional groups attached to an aromatic ring is 1. The maximum absolute atomic E-state index is 11.9. The summed E-state index contributed by atoms with van der Waals surface area (Å²) >= 11 is 0. The molecular formula is C14H19NO2. The highest BCUT2D eigenvalue weighted by molar-refractivity contribution is 5.78. The van der Waals surface area contributed by atoms with Crippen LogP contribution in [-0.4, -0.2) is 12.1 Å². The Morgan fingerprint density at radius 3 is 2.47 bits per heavy atom. The Hall–Kier alpha value is -1.51. The molecule has 0 aromatic heterocycles. The van der Waals surface area contributed by atoms with E-state index >= 15 is 0 Å². The quantitative estimate of drug-likeness (QED) is 0.645. The normalized spacial score (nSPS) is 17.9. The summed E-state index contributed by atoms with van der Waals surface area (Å²) in [5.74, 6) is -0.335. The van der Waals surface area contributed by atoms with E-state index in [2.05, 4.69) is 0 Å². The first-order valence-corrected chi connectivity index (χ1v) is 6.23. The maximum atomic E-state index is 11.9. The van der Waals surface area contributed by atoms with Gasteiger partial charge < -0.3 is 10.5 Å². The number of esters is 1. The number of carbonyl (C=O) groups excluding carboxylic acids is 1. The monoisotopic (exact) mass is 233 g/mol. The average molecular weight is 233 g/mol. The van der Waals surface area contributed by atoms with Gasteiger partial charge in [0, 0.05) is 5.69 Å². The minimum absolute atomic E-state index is 0.123. The van der Waals surface area contributed by atoms with E-state index in [0.29, 0.717) is 5.69 Å². The molecule has 1 fully saturated rings. The number of nitrogens with two attached hydrogens (primary N) is 1. The molecule has 0 heterocycles. The van der Waals surface area contributed by atoms with Crippen molar-refractivity contribution in [2.75, 3.05) is 5.73 Å². The minimum Gasteiger partial charge on any atom is -0.462 e. The first-order valence-electron chi connectivity index (χ1n) is 6.23. The highest BCUT2D eigenvalue weighted by Gasteiger charge is 2.23. The molecule has 3 nitrogen and oxygen atoms in total. The molecular weight excluding hydrogens is 214 g/mol. The Morgan fingerprint density at radius 1 is 1.29 bits per heavy atom. The molecule has 0 radical (unpaired) electrons. The molecule has 1 saturated carbocycles. The summed E-state index contributed by atoms with van der Waals surface area (Å²) in [6.07, 6.45) is 4.52. The second kappa shape index (κ2) is 5.21. The third kappa shape index (κ3) is 2.99. The lowest BCUT2D eigenvalue weighted by molar-refractivity contribution is -0.150. The van der Waals surface area contributed by atoms with Crippen LogP contribution in [0.1, 0.15) is 44.1 Å². The SMILES string of the molecule is CC(C(=O)OC1CCCC1)c1ccc(N)cc1. The third-order valence-corrected chi connectivity index (χ3v) is 3.38. The zero-order chi connectivity index (χ0) is 12.3. The molecule has 92 valence electrons. The molecule has 1 aliphatic rings. The van der Waals surface area contributed by atoms with Crippen LogP contribution in [0.5, 0.6) is 0 Å². The van der Waals surface area contributed by atoms with E-state index in [-0.39, 0.29) is 18.0 Å². The Morgan fingerprint density at radius 2 is 1.88 bits per heavy atom. The number of carbonyl (C=O) groups is 1. The second-order valence-electron chi connectivity index (χ2n) is 4.73. The molecule has 1 aromatic carbocycles. The van der Waals surface area contributed by atoms with E-state index in [1.807, 2.05) is 31.2 Å². The standard InChI is InChI=1S/C14H19NO2/c1-10(11-6-8-12(15)9-7-11)14(16)17-13-4-2-3-5-13/h6-10,13H,2-5,15H2,1H3. The number of ether oxygens (including phenoxy) is 1. The summed E-state index contributed by atoms with van der Waals surface area (Å²) in [5.41, 5.74) is 7.29. The second-order valence-corrected chi connectivity index (χ2v) is 4.73. The van der Waals surface area contributed by atoms with Crippen molar-refractivity contribution in [3.05, 3.63) is 29.8 Å². The van der Waals surface area contributed by atoms with Crippen LogP contribution in [0.25, 0.3) is 0 Å². The Bertz CT molecular complexity index is 380. The van der Waals surface area contributed by atoms with Crippen LogP contribution in [0.2, 0.25) is 0 Å². The van der Waals surface area contributed by atoms with Gasteiger partial charge in [0.05, 0.1) is 5.92 Å². The van der Waals surface area contributed by atoms with Gasteiger partial charge in [-0.25, -0.2) is 0 Å². The number of hydrogen-bond donors (Lipinski definition) is 1. The van der Waals surface area contributed by atoms with Gasteiger partial charge in [-0.15, -0.1) is 0 Å². The van der Waals surface area contributed by atoms with Crippen LogP contribution in [0.3, 0.4) is 0 Å². The molecule has 2 rings (SSSR count). The van der Waals surface area contributed by atoms with Gasteiger partial charge in [-0.1, -0.05) is 12.1 Å². The highest BCUT2D eigenvalue weighted by atomic mass is 16.5. The van der Waals surface area contributed by atoms with E-state index in [4.69, 9.17) is 10.5 Å². The average Bonchev–Trinajstić information content (AvgIpc) is 2.82. The summed E-state index contributed by atoms with van der Waals surface area (Å²) in [5, 5.41) is 0. The predicted molar refractivity (Wildman–Crippen MR) is 67.6 cm³/mol. The molecule has 0 spiro atoms. The smallest absolute Gasteiger partial charge is 0.313 e. The van der Waals surface area contributed by atoms with Crippen molar-refractivity contribution in [3.63, 3.8) is 0 Å². The highest BCUT2D eigenvalue weighted by Crippen LogP contribution is 2.24. The predicted octanol–water partition coefficient (Wildman–Crippen LogP) is 2.86. The van der Waals surface area contributed by atoms with Gasteiger partial charge in [0.2, 0.25) is 0 Å². The molecule has 3 heteroatoms. The van der Waals surface area contributed by atoms with Crippen LogP contribution in [0, 0.1) is 0 Å². The fourth-order valence-corrected chi connectivity index (χ4v) is 2.19. The van der Waals surface area contributed by atoms with Gasteiger partial charge >= 0.3 is 5.97 Å². The van der Waals surface area contributed by atoms with Crippen molar-refractivity contribution in [1.82, 2.24) is 0 Å².